The fourth-order valence-electron chi connectivity index (χ4n) is 0.992. The Morgan fingerprint density at radius 3 is 1.92 bits per heavy atom. The zero-order chi connectivity index (χ0) is 8.39. The standard InChI is InChI=1S/C9H17O2P/c1-2-7-12(10-8-3-4-8)11-9-5-6-9/h8-9H,2-7H2,1H3. The van der Waals surface area contributed by atoms with Crippen LogP contribution in [-0.4, -0.2) is 18.4 Å². The molecule has 0 amide bonds. The van der Waals surface area contributed by atoms with E-state index in [1.165, 1.54) is 32.1 Å². The highest BCUT2D eigenvalue weighted by atomic mass is 31.2. The lowest BCUT2D eigenvalue weighted by molar-refractivity contribution is 0.233. The van der Waals surface area contributed by atoms with E-state index in [2.05, 4.69) is 6.92 Å². The molecule has 0 heterocycles. The third-order valence-corrected chi connectivity index (χ3v) is 3.87. The van der Waals surface area contributed by atoms with Crippen molar-refractivity contribution < 1.29 is 9.05 Å². The summed E-state index contributed by atoms with van der Waals surface area (Å²) >= 11 is 0. The van der Waals surface area contributed by atoms with Crippen LogP contribution < -0.4 is 0 Å². The van der Waals surface area contributed by atoms with Gasteiger partial charge in [0.1, 0.15) is 0 Å². The molecular formula is C9H17O2P. The summed E-state index contributed by atoms with van der Waals surface area (Å²) in [6.45, 7) is 2.20. The van der Waals surface area contributed by atoms with E-state index in [9.17, 15) is 0 Å². The fraction of sp³-hybridized carbons (Fsp3) is 1.00. The lowest BCUT2D eigenvalue weighted by atomic mass is 10.6. The average Bonchev–Trinajstić information content (AvgIpc) is 2.82. The third kappa shape index (κ3) is 3.01. The second-order valence-corrected chi connectivity index (χ2v) is 5.20. The van der Waals surface area contributed by atoms with E-state index in [0.717, 1.165) is 6.16 Å². The predicted octanol–water partition coefficient (Wildman–Crippen LogP) is 3.07. The van der Waals surface area contributed by atoms with Crippen LogP contribution in [0.3, 0.4) is 0 Å². The van der Waals surface area contributed by atoms with E-state index < -0.39 is 8.38 Å². The summed E-state index contributed by atoms with van der Waals surface area (Å²) in [6.07, 6.45) is 8.47. The highest BCUT2D eigenvalue weighted by molar-refractivity contribution is 7.47. The quantitative estimate of drug-likeness (QED) is 0.596. The highest BCUT2D eigenvalue weighted by Crippen LogP contribution is 2.49. The van der Waals surface area contributed by atoms with E-state index in [-0.39, 0.29) is 0 Å². The maximum absolute atomic E-state index is 5.80. The van der Waals surface area contributed by atoms with Crippen molar-refractivity contribution in [1.29, 1.82) is 0 Å². The van der Waals surface area contributed by atoms with Crippen molar-refractivity contribution in [2.24, 2.45) is 0 Å². The molecule has 0 N–H and O–H groups in total. The number of hydrogen-bond acceptors (Lipinski definition) is 2. The predicted molar refractivity (Wildman–Crippen MR) is 50.3 cm³/mol. The summed E-state index contributed by atoms with van der Waals surface area (Å²) in [5, 5.41) is 0. The van der Waals surface area contributed by atoms with Crippen LogP contribution in [0, 0.1) is 0 Å². The summed E-state index contributed by atoms with van der Waals surface area (Å²) in [5.41, 5.74) is 0. The van der Waals surface area contributed by atoms with Crippen LogP contribution in [0.2, 0.25) is 0 Å². The van der Waals surface area contributed by atoms with Gasteiger partial charge in [-0.25, -0.2) is 0 Å². The molecule has 2 saturated carbocycles. The Morgan fingerprint density at radius 2 is 1.58 bits per heavy atom. The maximum atomic E-state index is 5.80. The molecule has 0 aromatic carbocycles. The number of rotatable bonds is 6. The molecule has 0 spiro atoms. The second kappa shape index (κ2) is 4.04. The molecule has 0 unspecified atom stereocenters. The average molecular weight is 188 g/mol. The van der Waals surface area contributed by atoms with Crippen LogP contribution in [0.4, 0.5) is 0 Å². The van der Waals surface area contributed by atoms with E-state index in [1.54, 1.807) is 0 Å². The first-order valence-corrected chi connectivity index (χ1v) is 6.36. The van der Waals surface area contributed by atoms with E-state index in [0.29, 0.717) is 12.2 Å². The summed E-state index contributed by atoms with van der Waals surface area (Å²) in [6, 6.07) is 0. The van der Waals surface area contributed by atoms with Crippen LogP contribution in [0.1, 0.15) is 39.0 Å². The van der Waals surface area contributed by atoms with Gasteiger partial charge in [-0.1, -0.05) is 6.92 Å². The summed E-state index contributed by atoms with van der Waals surface area (Å²) in [5.74, 6) is 0. The van der Waals surface area contributed by atoms with Crippen molar-refractivity contribution in [3.8, 4) is 0 Å². The van der Waals surface area contributed by atoms with Gasteiger partial charge in [-0.3, -0.25) is 0 Å². The minimum atomic E-state index is -0.515. The normalized spacial score (nSPS) is 23.5. The molecule has 0 saturated heterocycles. The molecule has 0 radical (unpaired) electrons. The smallest absolute Gasteiger partial charge is 0.170 e. The Hall–Kier alpha value is 0.350. The van der Waals surface area contributed by atoms with Crippen LogP contribution in [0.5, 0.6) is 0 Å². The zero-order valence-electron chi connectivity index (χ0n) is 7.66. The Balaban J connectivity index is 1.66. The molecule has 2 nitrogen and oxygen atoms in total. The van der Waals surface area contributed by atoms with Gasteiger partial charge in [0.2, 0.25) is 0 Å². The second-order valence-electron chi connectivity index (χ2n) is 3.67. The topological polar surface area (TPSA) is 18.5 Å². The molecule has 2 rings (SSSR count). The minimum absolute atomic E-state index is 0.515. The molecule has 70 valence electrons. The van der Waals surface area contributed by atoms with Gasteiger partial charge in [0.05, 0.1) is 12.2 Å². The van der Waals surface area contributed by atoms with Gasteiger partial charge in [-0.15, -0.1) is 0 Å². The van der Waals surface area contributed by atoms with E-state index in [4.69, 9.17) is 9.05 Å². The van der Waals surface area contributed by atoms with Crippen molar-refractivity contribution in [2.45, 2.75) is 51.2 Å². The molecule has 2 aliphatic rings. The summed E-state index contributed by atoms with van der Waals surface area (Å²) in [7, 11) is -0.515. The van der Waals surface area contributed by atoms with Crippen molar-refractivity contribution in [2.75, 3.05) is 6.16 Å². The van der Waals surface area contributed by atoms with Gasteiger partial charge in [-0.2, -0.15) is 0 Å². The molecule has 3 heteroatoms. The Morgan fingerprint density at radius 1 is 1.08 bits per heavy atom. The fourth-order valence-corrected chi connectivity index (χ4v) is 2.70. The van der Waals surface area contributed by atoms with Gasteiger partial charge in [0, 0.05) is 6.16 Å². The Labute approximate surface area is 75.5 Å². The first-order valence-electron chi connectivity index (χ1n) is 4.99. The van der Waals surface area contributed by atoms with Gasteiger partial charge < -0.3 is 9.05 Å². The summed E-state index contributed by atoms with van der Waals surface area (Å²) in [4.78, 5) is 0. The van der Waals surface area contributed by atoms with Gasteiger partial charge in [0.25, 0.3) is 0 Å². The molecule has 0 bridgehead atoms. The van der Waals surface area contributed by atoms with Crippen LogP contribution in [-0.2, 0) is 9.05 Å². The minimum Gasteiger partial charge on any atom is -0.331 e. The van der Waals surface area contributed by atoms with Crippen molar-refractivity contribution >= 4 is 8.38 Å². The molecule has 12 heavy (non-hydrogen) atoms. The van der Waals surface area contributed by atoms with E-state index in [1.807, 2.05) is 0 Å². The van der Waals surface area contributed by atoms with Crippen LogP contribution in [0.15, 0.2) is 0 Å². The Bertz CT molecular complexity index is 129. The lowest BCUT2D eigenvalue weighted by Crippen LogP contribution is -1.97. The van der Waals surface area contributed by atoms with Gasteiger partial charge >= 0.3 is 0 Å². The zero-order valence-corrected chi connectivity index (χ0v) is 8.56. The third-order valence-electron chi connectivity index (χ3n) is 1.99. The van der Waals surface area contributed by atoms with Crippen molar-refractivity contribution in [3.05, 3.63) is 0 Å². The number of hydrogen-bond donors (Lipinski definition) is 0. The SMILES string of the molecule is CCCP(OC1CC1)OC1CC1. The van der Waals surface area contributed by atoms with Crippen molar-refractivity contribution in [1.82, 2.24) is 0 Å². The maximum Gasteiger partial charge on any atom is 0.170 e. The molecule has 0 aromatic heterocycles. The molecule has 2 fully saturated rings. The molecule has 0 atom stereocenters. The first kappa shape index (κ1) is 8.93. The van der Waals surface area contributed by atoms with Crippen LogP contribution >= 0.6 is 8.38 Å². The molecule has 2 aliphatic carbocycles. The van der Waals surface area contributed by atoms with Gasteiger partial charge in [-0.05, 0) is 32.1 Å². The molecular weight excluding hydrogens is 171 g/mol. The van der Waals surface area contributed by atoms with Crippen molar-refractivity contribution in [3.63, 3.8) is 0 Å². The first-order chi connectivity index (χ1) is 5.88. The summed E-state index contributed by atoms with van der Waals surface area (Å²) < 4.78 is 11.6. The Kier molecular flexibility index (Phi) is 3.00. The van der Waals surface area contributed by atoms with Crippen LogP contribution in [0.25, 0.3) is 0 Å². The van der Waals surface area contributed by atoms with E-state index >= 15 is 0 Å². The van der Waals surface area contributed by atoms with Gasteiger partial charge in [0.15, 0.2) is 8.38 Å². The largest absolute Gasteiger partial charge is 0.331 e. The highest BCUT2D eigenvalue weighted by Gasteiger charge is 2.31. The molecule has 0 aliphatic heterocycles. The lowest BCUT2D eigenvalue weighted by Gasteiger charge is -2.15. The monoisotopic (exact) mass is 188 g/mol. The molecule has 0 aromatic rings.